The Kier molecular flexibility index (Phi) is 8.60. The van der Waals surface area contributed by atoms with E-state index in [1.54, 1.807) is 12.3 Å². The summed E-state index contributed by atoms with van der Waals surface area (Å²) >= 11 is 0. The number of nitrogens with one attached hydrogen (secondary N) is 1. The summed E-state index contributed by atoms with van der Waals surface area (Å²) < 4.78 is 5.74. The molecule has 0 radical (unpaired) electrons. The molecule has 2 heterocycles. The maximum atomic E-state index is 12.6. The van der Waals surface area contributed by atoms with Crippen molar-refractivity contribution in [2.24, 2.45) is 0 Å². The Morgan fingerprint density at radius 2 is 1.94 bits per heavy atom. The minimum atomic E-state index is -0.00432. The van der Waals surface area contributed by atoms with Gasteiger partial charge in [-0.05, 0) is 49.2 Å². The van der Waals surface area contributed by atoms with Crippen LogP contribution in [-0.4, -0.2) is 65.9 Å². The first-order valence-electron chi connectivity index (χ1n) is 10.7. The highest BCUT2D eigenvalue weighted by Crippen LogP contribution is 2.15. The van der Waals surface area contributed by atoms with E-state index in [1.807, 2.05) is 60.4 Å². The van der Waals surface area contributed by atoms with Gasteiger partial charge in [-0.1, -0.05) is 18.2 Å². The van der Waals surface area contributed by atoms with E-state index >= 15 is 0 Å². The number of rotatable bonds is 8. The van der Waals surface area contributed by atoms with Gasteiger partial charge in [-0.2, -0.15) is 0 Å². The molecule has 7 heteroatoms. The van der Waals surface area contributed by atoms with Crippen LogP contribution in [0.3, 0.4) is 0 Å². The molecule has 2 aromatic rings. The highest BCUT2D eigenvalue weighted by atomic mass is 16.5. The highest BCUT2D eigenvalue weighted by Gasteiger charge is 2.18. The molecule has 31 heavy (non-hydrogen) atoms. The SMILES string of the molecule is CCNC(=O)CN1CCCN(C(=O)/C=C/c2ccc(OCc3ccccn3)cc2)CC1. The Bertz CT molecular complexity index is 868. The van der Waals surface area contributed by atoms with Crippen molar-refractivity contribution in [2.45, 2.75) is 20.0 Å². The average Bonchev–Trinajstić information content (AvgIpc) is 3.03. The van der Waals surface area contributed by atoms with E-state index in [-0.39, 0.29) is 11.8 Å². The molecule has 7 nitrogen and oxygen atoms in total. The maximum absolute atomic E-state index is 12.6. The van der Waals surface area contributed by atoms with Gasteiger partial charge in [0.15, 0.2) is 0 Å². The molecule has 1 aromatic carbocycles. The second kappa shape index (κ2) is 11.9. The van der Waals surface area contributed by atoms with E-state index in [0.29, 0.717) is 39.3 Å². The standard InChI is InChI=1S/C24H30N4O3/c1-2-25-23(29)18-27-14-5-15-28(17-16-27)24(30)12-9-20-7-10-22(11-8-20)31-19-21-6-3-4-13-26-21/h3-4,6-13H,2,5,14-19H2,1H3,(H,25,29)/b12-9+. The Labute approximate surface area is 183 Å². The number of ether oxygens (including phenoxy) is 1. The summed E-state index contributed by atoms with van der Waals surface area (Å²) in [6.45, 7) is 6.22. The second-order valence-corrected chi connectivity index (χ2v) is 7.42. The summed E-state index contributed by atoms with van der Waals surface area (Å²) in [5.41, 5.74) is 1.81. The highest BCUT2D eigenvalue weighted by molar-refractivity contribution is 5.91. The van der Waals surface area contributed by atoms with Gasteiger partial charge in [-0.15, -0.1) is 0 Å². The van der Waals surface area contributed by atoms with Crippen LogP contribution in [0.25, 0.3) is 6.08 Å². The smallest absolute Gasteiger partial charge is 0.246 e. The minimum absolute atomic E-state index is 0.00432. The number of benzene rings is 1. The molecule has 0 unspecified atom stereocenters. The molecule has 0 bridgehead atoms. The predicted molar refractivity (Wildman–Crippen MR) is 120 cm³/mol. The molecular formula is C24H30N4O3. The summed E-state index contributed by atoms with van der Waals surface area (Å²) in [5.74, 6) is 0.791. The first-order valence-corrected chi connectivity index (χ1v) is 10.7. The fourth-order valence-electron chi connectivity index (χ4n) is 3.39. The lowest BCUT2D eigenvalue weighted by atomic mass is 10.2. The number of carbonyl (C=O) groups is 2. The quantitative estimate of drug-likeness (QED) is 0.661. The molecule has 2 amide bonds. The van der Waals surface area contributed by atoms with Crippen molar-refractivity contribution in [3.8, 4) is 5.75 Å². The molecule has 1 fully saturated rings. The number of hydrogen-bond donors (Lipinski definition) is 1. The third kappa shape index (κ3) is 7.53. The van der Waals surface area contributed by atoms with Crippen molar-refractivity contribution < 1.29 is 14.3 Å². The van der Waals surface area contributed by atoms with Gasteiger partial charge < -0.3 is 15.0 Å². The van der Waals surface area contributed by atoms with Crippen LogP contribution >= 0.6 is 0 Å². The van der Waals surface area contributed by atoms with Crippen molar-refractivity contribution >= 4 is 17.9 Å². The van der Waals surface area contributed by atoms with Crippen LogP contribution in [0, 0.1) is 0 Å². The monoisotopic (exact) mass is 422 g/mol. The third-order valence-electron chi connectivity index (χ3n) is 5.05. The zero-order valence-electron chi connectivity index (χ0n) is 18.0. The van der Waals surface area contributed by atoms with Crippen LogP contribution in [0.1, 0.15) is 24.6 Å². The normalized spacial score (nSPS) is 14.9. The molecule has 1 saturated heterocycles. The number of aromatic nitrogens is 1. The fraction of sp³-hybridized carbons (Fsp3) is 0.375. The zero-order chi connectivity index (χ0) is 21.9. The van der Waals surface area contributed by atoms with Gasteiger partial charge in [0.25, 0.3) is 0 Å². The lowest BCUT2D eigenvalue weighted by Crippen LogP contribution is -2.39. The molecule has 0 spiro atoms. The van der Waals surface area contributed by atoms with Crippen molar-refractivity contribution in [3.05, 3.63) is 66.0 Å². The molecule has 1 aliphatic heterocycles. The van der Waals surface area contributed by atoms with Crippen molar-refractivity contribution in [3.63, 3.8) is 0 Å². The maximum Gasteiger partial charge on any atom is 0.246 e. The zero-order valence-corrected chi connectivity index (χ0v) is 18.0. The third-order valence-corrected chi connectivity index (χ3v) is 5.05. The van der Waals surface area contributed by atoms with Gasteiger partial charge in [0, 0.05) is 45.0 Å². The van der Waals surface area contributed by atoms with Gasteiger partial charge >= 0.3 is 0 Å². The van der Waals surface area contributed by atoms with E-state index in [0.717, 1.165) is 30.0 Å². The van der Waals surface area contributed by atoms with Gasteiger partial charge in [0.1, 0.15) is 12.4 Å². The first kappa shape index (κ1) is 22.5. The molecule has 3 rings (SSSR count). The first-order chi connectivity index (χ1) is 15.1. The second-order valence-electron chi connectivity index (χ2n) is 7.42. The van der Waals surface area contributed by atoms with Crippen LogP contribution in [0.4, 0.5) is 0 Å². The van der Waals surface area contributed by atoms with Gasteiger partial charge in [-0.3, -0.25) is 19.5 Å². The Hall–Kier alpha value is -3.19. The van der Waals surface area contributed by atoms with Crippen molar-refractivity contribution in [2.75, 3.05) is 39.3 Å². The van der Waals surface area contributed by atoms with Gasteiger partial charge in [0.05, 0.1) is 12.2 Å². The summed E-state index contributed by atoms with van der Waals surface area (Å²) in [5, 5.41) is 2.82. The van der Waals surface area contributed by atoms with E-state index in [9.17, 15) is 9.59 Å². The van der Waals surface area contributed by atoms with Gasteiger partial charge in [0.2, 0.25) is 11.8 Å². The summed E-state index contributed by atoms with van der Waals surface area (Å²) in [4.78, 5) is 32.6. The molecule has 0 saturated carbocycles. The fourth-order valence-corrected chi connectivity index (χ4v) is 3.39. The lowest BCUT2D eigenvalue weighted by Gasteiger charge is -2.20. The Balaban J connectivity index is 1.46. The summed E-state index contributed by atoms with van der Waals surface area (Å²) in [6.07, 6.45) is 6.04. The van der Waals surface area contributed by atoms with E-state index in [1.165, 1.54) is 0 Å². The van der Waals surface area contributed by atoms with Crippen LogP contribution in [-0.2, 0) is 16.2 Å². The van der Waals surface area contributed by atoms with Crippen molar-refractivity contribution in [1.82, 2.24) is 20.1 Å². The minimum Gasteiger partial charge on any atom is -0.487 e. The van der Waals surface area contributed by atoms with Crippen LogP contribution in [0.5, 0.6) is 5.75 Å². The van der Waals surface area contributed by atoms with Crippen LogP contribution < -0.4 is 10.1 Å². The summed E-state index contributed by atoms with van der Waals surface area (Å²) in [6, 6.07) is 13.4. The lowest BCUT2D eigenvalue weighted by molar-refractivity contribution is -0.125. The molecule has 1 N–H and O–H groups in total. The molecule has 0 aliphatic carbocycles. The van der Waals surface area contributed by atoms with E-state index in [4.69, 9.17) is 4.74 Å². The molecular weight excluding hydrogens is 392 g/mol. The average molecular weight is 423 g/mol. The molecule has 0 atom stereocenters. The van der Waals surface area contributed by atoms with E-state index in [2.05, 4.69) is 15.2 Å². The number of carbonyl (C=O) groups excluding carboxylic acids is 2. The molecule has 1 aliphatic rings. The topological polar surface area (TPSA) is 74.8 Å². The number of likely N-dealkylation sites (N-methyl/N-ethyl adjacent to an activating group) is 1. The van der Waals surface area contributed by atoms with Crippen LogP contribution in [0.2, 0.25) is 0 Å². The number of amides is 2. The molecule has 1 aromatic heterocycles. The number of pyridine rings is 1. The largest absolute Gasteiger partial charge is 0.487 e. The van der Waals surface area contributed by atoms with E-state index < -0.39 is 0 Å². The Morgan fingerprint density at radius 1 is 1.10 bits per heavy atom. The van der Waals surface area contributed by atoms with Gasteiger partial charge in [-0.25, -0.2) is 0 Å². The van der Waals surface area contributed by atoms with Crippen molar-refractivity contribution in [1.29, 1.82) is 0 Å². The Morgan fingerprint density at radius 3 is 2.68 bits per heavy atom. The number of hydrogen-bond acceptors (Lipinski definition) is 5. The number of nitrogens with zero attached hydrogens (tertiary/aromatic N) is 3. The summed E-state index contributed by atoms with van der Waals surface area (Å²) in [7, 11) is 0. The van der Waals surface area contributed by atoms with Crippen LogP contribution in [0.15, 0.2) is 54.7 Å². The predicted octanol–water partition coefficient (Wildman–Crippen LogP) is 2.34. The molecule has 164 valence electrons.